The van der Waals surface area contributed by atoms with Gasteiger partial charge in [0.1, 0.15) is 11.8 Å². The van der Waals surface area contributed by atoms with Crippen LogP contribution < -0.4 is 5.32 Å². The fraction of sp³-hybridized carbons (Fsp3) is 1.00. The van der Waals surface area contributed by atoms with Crippen LogP contribution in [0.15, 0.2) is 0 Å². The molecule has 0 unspecified atom stereocenters. The summed E-state index contributed by atoms with van der Waals surface area (Å²) >= 11 is 0. The van der Waals surface area contributed by atoms with E-state index in [0.717, 1.165) is 132 Å². The van der Waals surface area contributed by atoms with E-state index in [1.165, 1.54) is 189 Å². The first-order valence-corrected chi connectivity index (χ1v) is 42.7. The zero-order valence-electron chi connectivity index (χ0n) is 72.6. The Morgan fingerprint density at radius 3 is 1.12 bits per heavy atom. The lowest BCUT2D eigenvalue weighted by molar-refractivity contribution is -0.0232. The predicted molar refractivity (Wildman–Crippen MR) is 439 cm³/mol. The van der Waals surface area contributed by atoms with Gasteiger partial charge in [0.15, 0.2) is 0 Å². The fourth-order valence-corrected chi connectivity index (χ4v) is 15.0. The molecule has 0 saturated carbocycles. The summed E-state index contributed by atoms with van der Waals surface area (Å²) in [6.07, 6.45) is 16.8. The zero-order chi connectivity index (χ0) is 76.0. The number of halogens is 2. The van der Waals surface area contributed by atoms with Crippen molar-refractivity contribution in [3.05, 3.63) is 0 Å². The third-order valence-electron chi connectivity index (χ3n) is 21.2. The van der Waals surface area contributed by atoms with E-state index < -0.39 is 11.8 Å². The summed E-state index contributed by atoms with van der Waals surface area (Å²) in [7, 11) is 8.78. The van der Waals surface area contributed by atoms with E-state index in [1.54, 1.807) is 6.92 Å². The van der Waals surface area contributed by atoms with Gasteiger partial charge in [-0.2, -0.15) is 0 Å². The molecule has 0 aromatic carbocycles. The van der Waals surface area contributed by atoms with Crippen molar-refractivity contribution in [2.45, 2.75) is 290 Å². The molecule has 0 spiro atoms. The average molecular weight is 1440 g/mol. The molecule has 14 nitrogen and oxygen atoms in total. The first-order valence-electron chi connectivity index (χ1n) is 42.7. The minimum Gasteiger partial charge on any atom is -0.379 e. The largest absolute Gasteiger partial charge is 0.379 e. The molecule has 0 amide bonds. The molecule has 0 radical (unpaired) electrons. The van der Waals surface area contributed by atoms with Crippen LogP contribution in [-0.2, 0) is 9.47 Å². The minimum atomic E-state index is -0.895. The molecule has 10 heterocycles. The van der Waals surface area contributed by atoms with Gasteiger partial charge in [0.2, 0.25) is 0 Å². The number of piperazine rings is 1. The fourth-order valence-electron chi connectivity index (χ4n) is 15.0. The Morgan fingerprint density at radius 2 is 0.752 bits per heavy atom. The Bertz CT molecular complexity index is 1720. The smallest absolute Gasteiger partial charge is 0.110 e. The minimum absolute atomic E-state index is 0.392. The Hall–Kier alpha value is -0.700. The molecule has 0 aromatic rings. The van der Waals surface area contributed by atoms with Crippen molar-refractivity contribution in [2.75, 3.05) is 218 Å². The highest BCUT2D eigenvalue weighted by atomic mass is 19.1. The molecule has 10 saturated heterocycles. The number of alkyl halides is 2. The van der Waals surface area contributed by atoms with Gasteiger partial charge in [-0.25, -0.2) is 8.78 Å². The van der Waals surface area contributed by atoms with Gasteiger partial charge in [-0.1, -0.05) is 104 Å². The Kier molecular flexibility index (Phi) is 55.9. The van der Waals surface area contributed by atoms with Crippen molar-refractivity contribution >= 4 is 0 Å². The second kappa shape index (κ2) is 57.4. The third-order valence-corrected chi connectivity index (χ3v) is 21.2. The molecular formula is C85H180F2N12O2. The predicted octanol–water partition coefficient (Wildman–Crippen LogP) is 15.6. The topological polar surface area (TPSA) is 66.1 Å². The average Bonchev–Trinajstić information content (AvgIpc) is 1.71. The van der Waals surface area contributed by atoms with Gasteiger partial charge in [-0.15, -0.1) is 0 Å². The number of piperidine rings is 5. The zero-order valence-corrected chi connectivity index (χ0v) is 72.6. The number of ether oxygens (including phenoxy) is 2. The number of rotatable bonds is 17. The van der Waals surface area contributed by atoms with Gasteiger partial charge >= 0.3 is 0 Å². The second-order valence-corrected chi connectivity index (χ2v) is 36.6. The Balaban J connectivity index is 0.000000562. The lowest BCUT2D eigenvalue weighted by Crippen LogP contribution is -2.47. The summed E-state index contributed by atoms with van der Waals surface area (Å²) in [6, 6.07) is 2.92. The number of hydrogen-bond acceptors (Lipinski definition) is 14. The number of likely N-dealkylation sites (tertiary alicyclic amines) is 8. The molecule has 16 heteroatoms. The van der Waals surface area contributed by atoms with E-state index in [9.17, 15) is 8.78 Å². The van der Waals surface area contributed by atoms with Crippen LogP contribution in [0, 0.1) is 47.3 Å². The Labute approximate surface area is 630 Å². The summed E-state index contributed by atoms with van der Waals surface area (Å²) in [5.74, 6) is 6.76. The summed E-state index contributed by atoms with van der Waals surface area (Å²) < 4.78 is 37.0. The second-order valence-electron chi connectivity index (χ2n) is 36.6. The molecule has 0 atom stereocenters. The molecule has 10 fully saturated rings. The van der Waals surface area contributed by atoms with E-state index in [1.807, 2.05) is 0 Å². The summed E-state index contributed by atoms with van der Waals surface area (Å²) in [4.78, 5) is 26.9. The molecule has 606 valence electrons. The highest BCUT2D eigenvalue weighted by Gasteiger charge is 2.30. The molecule has 1 N–H and O–H groups in total. The van der Waals surface area contributed by atoms with Gasteiger partial charge in [-0.3, -0.25) is 9.80 Å². The van der Waals surface area contributed by atoms with Crippen LogP contribution in [0.4, 0.5) is 8.78 Å². The van der Waals surface area contributed by atoms with Gasteiger partial charge in [0.05, 0.1) is 25.4 Å². The molecular weight excluding hydrogens is 1260 g/mol. The maximum absolute atomic E-state index is 13.4. The van der Waals surface area contributed by atoms with E-state index in [0.29, 0.717) is 42.9 Å². The molecule has 10 aliphatic rings. The third kappa shape index (κ3) is 54.5. The van der Waals surface area contributed by atoms with Crippen LogP contribution >= 0.6 is 0 Å². The van der Waals surface area contributed by atoms with Crippen LogP contribution in [0.25, 0.3) is 0 Å². The van der Waals surface area contributed by atoms with E-state index in [-0.39, 0.29) is 0 Å². The van der Waals surface area contributed by atoms with Crippen LogP contribution in [0.2, 0.25) is 0 Å². The molecule has 10 aliphatic heterocycles. The van der Waals surface area contributed by atoms with Crippen molar-refractivity contribution in [3.8, 4) is 0 Å². The Morgan fingerprint density at radius 1 is 0.406 bits per heavy atom. The highest BCUT2D eigenvalue weighted by molar-refractivity contribution is 4.83. The van der Waals surface area contributed by atoms with Crippen LogP contribution in [0.1, 0.15) is 242 Å². The van der Waals surface area contributed by atoms with E-state index >= 15 is 0 Å². The van der Waals surface area contributed by atoms with E-state index in [2.05, 4.69) is 233 Å². The monoisotopic (exact) mass is 1440 g/mol. The summed E-state index contributed by atoms with van der Waals surface area (Å²) in [5.41, 5.74) is -0.895. The van der Waals surface area contributed by atoms with Crippen molar-refractivity contribution in [2.24, 2.45) is 47.3 Å². The van der Waals surface area contributed by atoms with Crippen molar-refractivity contribution in [1.82, 2.24) is 59.2 Å². The van der Waals surface area contributed by atoms with Gasteiger partial charge in [0.25, 0.3) is 0 Å². The van der Waals surface area contributed by atoms with Gasteiger partial charge in [0, 0.05) is 149 Å². The summed E-state index contributed by atoms with van der Waals surface area (Å²) in [5, 5.41) is 3.58. The normalized spacial score (nSPS) is 23.1. The molecule has 0 aromatic heterocycles. The molecule has 0 aliphatic carbocycles. The van der Waals surface area contributed by atoms with Crippen LogP contribution in [-0.4, -0.2) is 320 Å². The highest BCUT2D eigenvalue weighted by Crippen LogP contribution is 2.27. The number of nitrogens with one attached hydrogen (secondary N) is 1. The molecule has 101 heavy (non-hydrogen) atoms. The SMILES string of the molecule is CC(C)C1CCN(C)CC1.CC(C)CN1CC(C)C1.CC(C)CN1CCC(C)(F)CC1.CC(C)CN1CCC(F)CC1.CC(C)CN1CCCC1.CC(C)CN1CCOCC1.CC(C)N1CCCC1.CC(C)N1CCN(C)CC1.CC(C)NC1CCN(C)CC1.CC(C)OC1CCN(C)CC1. The van der Waals surface area contributed by atoms with Crippen molar-refractivity contribution in [3.63, 3.8) is 0 Å². The number of nitrogens with zero attached hydrogens (tertiary/aromatic N) is 11. The van der Waals surface area contributed by atoms with Gasteiger partial charge < -0.3 is 58.9 Å². The quantitative estimate of drug-likeness (QED) is 0.150. The lowest BCUT2D eigenvalue weighted by Gasteiger charge is -2.38. The number of hydrogen-bond donors (Lipinski definition) is 1. The van der Waals surface area contributed by atoms with Crippen molar-refractivity contribution in [1.29, 1.82) is 0 Å². The maximum Gasteiger partial charge on any atom is 0.110 e. The number of likely N-dealkylation sites (N-methyl/N-ethyl adjacent to an activating group) is 1. The van der Waals surface area contributed by atoms with Crippen molar-refractivity contribution < 1.29 is 18.3 Å². The van der Waals surface area contributed by atoms with Crippen LogP contribution in [0.5, 0.6) is 0 Å². The summed E-state index contributed by atoms with van der Waals surface area (Å²) in [6.45, 7) is 83.4. The van der Waals surface area contributed by atoms with Crippen LogP contribution in [0.3, 0.4) is 0 Å². The molecule has 0 bridgehead atoms. The first-order chi connectivity index (χ1) is 47.5. The molecule has 10 rings (SSSR count). The van der Waals surface area contributed by atoms with E-state index in [4.69, 9.17) is 9.47 Å². The first kappa shape index (κ1) is 98.3. The number of morpholine rings is 1. The maximum atomic E-state index is 13.4. The van der Waals surface area contributed by atoms with Gasteiger partial charge in [-0.05, 0) is 266 Å². The lowest BCUT2D eigenvalue weighted by atomic mass is 9.87. The standard InChI is InChI=1S/C10H20FN.C9H18FN.C9H20N2.C9H19NO.C9H19N.C8H18N2.C8H17NO.2C8H17N.C7H15N/c1-9(2)8-12-6-4-10(3,11)5-7-12;1-8(2)7-11-5-3-9(10)4-6-11;1-8(2)10-9-4-6-11(3)7-5-9;1-8(2)11-9-4-6-10(3)7-5-9;1-8(2)9-4-6-10(3)7-5-9;1-8(2)10-6-4-9(3)5-7-10;1-8(2)7-9-3-5-10-6-4-9;1-7(2)4-9-5-8(3)6-9;1-8(2)7-9-5-3-4-6-9;1-7(2)8-5-3-4-6-8/h9H,4-8H2,1-3H3;8-9H,3-7H2,1-2H3;8-10H,4-7H2,1-3H3;8-9H,4-7H2,1-3H3;8-9H,4-7H2,1-3H3;8H,4-7H2,1-3H3;8H,3-7H2,1-2H3;7-8H,4-6H2,1-3H3;8H,3-7H2,1-2H3;7H,3-6H2,1-2H3.